The summed E-state index contributed by atoms with van der Waals surface area (Å²) in [6.07, 6.45) is 2.05. The van der Waals surface area contributed by atoms with E-state index in [0.29, 0.717) is 10.6 Å². The van der Waals surface area contributed by atoms with Crippen molar-refractivity contribution in [3.8, 4) is 5.75 Å². The normalized spacial score (nSPS) is 17.1. The minimum absolute atomic E-state index is 0.136. The molecule has 1 amide bonds. The molecule has 0 spiro atoms. The van der Waals surface area contributed by atoms with Crippen molar-refractivity contribution in [1.82, 2.24) is 4.90 Å². The molecule has 1 aliphatic rings. The number of hydrogen-bond donors (Lipinski definition) is 1. The first-order valence-corrected chi connectivity index (χ1v) is 9.34. The van der Waals surface area contributed by atoms with Gasteiger partial charge < -0.3 is 14.8 Å². The van der Waals surface area contributed by atoms with Crippen molar-refractivity contribution in [2.75, 3.05) is 32.6 Å². The van der Waals surface area contributed by atoms with Crippen LogP contribution < -0.4 is 10.1 Å². The van der Waals surface area contributed by atoms with Crippen LogP contribution in [-0.4, -0.2) is 44.1 Å². The summed E-state index contributed by atoms with van der Waals surface area (Å²) < 4.78 is 10.1. The van der Waals surface area contributed by atoms with E-state index in [1.807, 2.05) is 18.2 Å². The molecule has 0 saturated carbocycles. The van der Waals surface area contributed by atoms with Crippen LogP contribution in [-0.2, 0) is 9.53 Å². The molecule has 1 aliphatic heterocycles. The van der Waals surface area contributed by atoms with Crippen LogP contribution in [0.1, 0.15) is 34.1 Å². The largest absolute Gasteiger partial charge is 0.497 e. The van der Waals surface area contributed by atoms with Gasteiger partial charge in [-0.1, -0.05) is 12.1 Å². The third-order valence-electron chi connectivity index (χ3n) is 4.50. The fourth-order valence-electron chi connectivity index (χ4n) is 3.27. The summed E-state index contributed by atoms with van der Waals surface area (Å²) in [6.45, 7) is 1.14. The van der Waals surface area contributed by atoms with Gasteiger partial charge in [0.25, 0.3) is 0 Å². The zero-order valence-corrected chi connectivity index (χ0v) is 15.7. The number of benzene rings is 1. The van der Waals surface area contributed by atoms with E-state index in [9.17, 15) is 9.59 Å². The van der Waals surface area contributed by atoms with E-state index in [-0.39, 0.29) is 18.5 Å². The number of anilines is 1. The summed E-state index contributed by atoms with van der Waals surface area (Å²) >= 11 is 1.25. The van der Waals surface area contributed by atoms with Crippen molar-refractivity contribution < 1.29 is 19.1 Å². The second-order valence-electron chi connectivity index (χ2n) is 6.11. The predicted octanol–water partition coefficient (Wildman–Crippen LogP) is 3.32. The maximum Gasteiger partial charge on any atom is 0.350 e. The second-order valence-corrected chi connectivity index (χ2v) is 7.02. The van der Waals surface area contributed by atoms with Crippen molar-refractivity contribution in [1.29, 1.82) is 0 Å². The van der Waals surface area contributed by atoms with E-state index in [2.05, 4.69) is 16.3 Å². The topological polar surface area (TPSA) is 67.9 Å². The second kappa shape index (κ2) is 8.33. The maximum atomic E-state index is 12.5. The number of likely N-dealkylation sites (tertiary alicyclic amines) is 1. The molecular formula is C19H22N2O4S. The number of methoxy groups -OCH3 is 2. The van der Waals surface area contributed by atoms with Crippen molar-refractivity contribution in [2.24, 2.45) is 0 Å². The van der Waals surface area contributed by atoms with Gasteiger partial charge in [0, 0.05) is 6.04 Å². The summed E-state index contributed by atoms with van der Waals surface area (Å²) in [7, 11) is 2.98. The number of rotatable bonds is 6. The van der Waals surface area contributed by atoms with Crippen LogP contribution in [0.25, 0.3) is 0 Å². The lowest BCUT2D eigenvalue weighted by Gasteiger charge is -2.24. The highest BCUT2D eigenvalue weighted by molar-refractivity contribution is 7.12. The zero-order valence-electron chi connectivity index (χ0n) is 14.9. The first-order chi connectivity index (χ1) is 12.6. The number of thiophene rings is 1. The Balaban J connectivity index is 1.67. The van der Waals surface area contributed by atoms with Crippen LogP contribution in [0.2, 0.25) is 0 Å². The van der Waals surface area contributed by atoms with E-state index < -0.39 is 5.97 Å². The van der Waals surface area contributed by atoms with Gasteiger partial charge in [0.05, 0.1) is 26.5 Å². The lowest BCUT2D eigenvalue weighted by Crippen LogP contribution is -2.33. The SMILES string of the molecule is COC(=O)c1sccc1NC(=O)CN1CCCC1c1cccc(OC)c1. The molecule has 0 radical (unpaired) electrons. The first kappa shape index (κ1) is 18.4. The fraction of sp³-hybridized carbons (Fsp3) is 0.368. The monoisotopic (exact) mass is 374 g/mol. The van der Waals surface area contributed by atoms with Crippen LogP contribution in [0.3, 0.4) is 0 Å². The van der Waals surface area contributed by atoms with E-state index in [0.717, 1.165) is 30.7 Å². The Morgan fingerprint density at radius 1 is 1.31 bits per heavy atom. The first-order valence-electron chi connectivity index (χ1n) is 8.46. The molecule has 1 N–H and O–H groups in total. The molecule has 138 valence electrons. The number of amides is 1. The Labute approximate surface area is 156 Å². The van der Waals surface area contributed by atoms with Crippen LogP contribution >= 0.6 is 11.3 Å². The standard InChI is InChI=1S/C19H22N2O4S/c1-24-14-6-3-5-13(11-14)16-7-4-9-21(16)12-17(22)20-15-8-10-26-18(15)19(23)25-2/h3,5-6,8,10-11,16H,4,7,9,12H2,1-2H3,(H,20,22). The molecule has 26 heavy (non-hydrogen) atoms. The quantitative estimate of drug-likeness (QED) is 0.786. The molecule has 1 saturated heterocycles. The fourth-order valence-corrected chi connectivity index (χ4v) is 4.04. The predicted molar refractivity (Wildman–Crippen MR) is 101 cm³/mol. The summed E-state index contributed by atoms with van der Waals surface area (Å²) in [4.78, 5) is 26.8. The maximum absolute atomic E-state index is 12.5. The Hall–Kier alpha value is -2.38. The van der Waals surface area contributed by atoms with Gasteiger partial charge in [-0.25, -0.2) is 4.79 Å². The molecule has 2 aromatic rings. The van der Waals surface area contributed by atoms with Crippen LogP contribution in [0, 0.1) is 0 Å². The Morgan fingerprint density at radius 2 is 2.15 bits per heavy atom. The Morgan fingerprint density at radius 3 is 2.92 bits per heavy atom. The smallest absolute Gasteiger partial charge is 0.350 e. The van der Waals surface area contributed by atoms with Gasteiger partial charge in [-0.2, -0.15) is 0 Å². The third kappa shape index (κ3) is 4.05. The lowest BCUT2D eigenvalue weighted by atomic mass is 10.0. The number of carbonyl (C=O) groups excluding carboxylic acids is 2. The van der Waals surface area contributed by atoms with E-state index in [1.165, 1.54) is 18.4 Å². The lowest BCUT2D eigenvalue weighted by molar-refractivity contribution is -0.117. The number of esters is 1. The number of hydrogen-bond acceptors (Lipinski definition) is 6. The van der Waals surface area contributed by atoms with Crippen molar-refractivity contribution in [3.63, 3.8) is 0 Å². The molecule has 1 atom stereocenters. The van der Waals surface area contributed by atoms with E-state index in [1.54, 1.807) is 18.6 Å². The summed E-state index contributed by atoms with van der Waals surface area (Å²) in [5.74, 6) is 0.244. The highest BCUT2D eigenvalue weighted by Gasteiger charge is 2.28. The highest BCUT2D eigenvalue weighted by Crippen LogP contribution is 2.33. The zero-order chi connectivity index (χ0) is 18.5. The molecule has 1 unspecified atom stereocenters. The summed E-state index contributed by atoms with van der Waals surface area (Å²) in [5, 5.41) is 4.59. The Kier molecular flexibility index (Phi) is 5.90. The van der Waals surface area contributed by atoms with Crippen molar-refractivity contribution in [3.05, 3.63) is 46.2 Å². The molecule has 1 aromatic heterocycles. The van der Waals surface area contributed by atoms with Crippen molar-refractivity contribution in [2.45, 2.75) is 18.9 Å². The number of nitrogens with one attached hydrogen (secondary N) is 1. The molecule has 6 nitrogen and oxygen atoms in total. The van der Waals surface area contributed by atoms with Gasteiger partial charge >= 0.3 is 5.97 Å². The molecule has 3 rings (SSSR count). The molecule has 1 aromatic carbocycles. The van der Waals surface area contributed by atoms with Gasteiger partial charge in [-0.3, -0.25) is 9.69 Å². The molecule has 2 heterocycles. The van der Waals surface area contributed by atoms with Crippen LogP contribution in [0.5, 0.6) is 5.75 Å². The highest BCUT2D eigenvalue weighted by atomic mass is 32.1. The summed E-state index contributed by atoms with van der Waals surface area (Å²) in [6, 6.07) is 9.89. The number of ether oxygens (including phenoxy) is 2. The minimum Gasteiger partial charge on any atom is -0.497 e. The Bertz CT molecular complexity index is 789. The van der Waals surface area contributed by atoms with E-state index in [4.69, 9.17) is 9.47 Å². The molecule has 1 fully saturated rings. The molecular weight excluding hydrogens is 352 g/mol. The molecule has 0 bridgehead atoms. The van der Waals surface area contributed by atoms with Gasteiger partial charge in [-0.05, 0) is 48.5 Å². The summed E-state index contributed by atoms with van der Waals surface area (Å²) in [5.41, 5.74) is 1.66. The van der Waals surface area contributed by atoms with E-state index >= 15 is 0 Å². The van der Waals surface area contributed by atoms with Crippen LogP contribution in [0.15, 0.2) is 35.7 Å². The minimum atomic E-state index is -0.439. The van der Waals surface area contributed by atoms with Gasteiger partial charge in [0.15, 0.2) is 0 Å². The number of carbonyl (C=O) groups is 2. The van der Waals surface area contributed by atoms with Gasteiger partial charge in [0.1, 0.15) is 10.6 Å². The number of nitrogens with zero attached hydrogens (tertiary/aromatic N) is 1. The van der Waals surface area contributed by atoms with Crippen LogP contribution in [0.4, 0.5) is 5.69 Å². The molecule has 7 heteroatoms. The third-order valence-corrected chi connectivity index (χ3v) is 5.39. The van der Waals surface area contributed by atoms with Crippen molar-refractivity contribution >= 4 is 28.9 Å². The average molecular weight is 374 g/mol. The molecule has 0 aliphatic carbocycles. The average Bonchev–Trinajstić information content (AvgIpc) is 3.30. The van der Waals surface area contributed by atoms with Gasteiger partial charge in [-0.15, -0.1) is 11.3 Å². The van der Waals surface area contributed by atoms with Gasteiger partial charge in [0.2, 0.25) is 5.91 Å².